The predicted molar refractivity (Wildman–Crippen MR) is 108 cm³/mol. The number of rotatable bonds is 5. The Labute approximate surface area is 161 Å². The summed E-state index contributed by atoms with van der Waals surface area (Å²) in [6, 6.07) is 18.1. The number of anilines is 2. The summed E-state index contributed by atoms with van der Waals surface area (Å²) in [6.07, 6.45) is 1.46. The second kappa shape index (κ2) is 8.51. The molecule has 0 spiro atoms. The third-order valence-corrected chi connectivity index (χ3v) is 3.97. The molecule has 26 heavy (non-hydrogen) atoms. The minimum Gasteiger partial charge on any atom is -0.459 e. The molecule has 3 aromatic rings. The van der Waals surface area contributed by atoms with Gasteiger partial charge in [0.2, 0.25) is 0 Å². The van der Waals surface area contributed by atoms with E-state index in [0.29, 0.717) is 22.4 Å². The van der Waals surface area contributed by atoms with E-state index < -0.39 is 0 Å². The van der Waals surface area contributed by atoms with E-state index in [0.717, 1.165) is 11.3 Å². The normalized spacial score (nSPS) is 10.2. The molecule has 2 aromatic carbocycles. The molecule has 0 saturated carbocycles. The highest BCUT2D eigenvalue weighted by atomic mass is 35.5. The molecule has 0 saturated heterocycles. The van der Waals surface area contributed by atoms with E-state index in [1.165, 1.54) is 6.26 Å². The molecular formula is C19H16ClN3O2S. The average molecular weight is 386 g/mol. The second-order valence-electron chi connectivity index (χ2n) is 5.45. The standard InChI is InChI=1S/C19H16ClN3O2S/c20-14-4-1-3-13(11-14)12-21-19(26)23-16-8-6-15(7-9-16)22-18(24)17-5-2-10-25-17/h1-11H,12H2,(H,22,24)(H2,21,23,26). The van der Waals surface area contributed by atoms with Crippen LogP contribution >= 0.6 is 23.8 Å². The lowest BCUT2D eigenvalue weighted by molar-refractivity contribution is 0.0996. The van der Waals surface area contributed by atoms with Crippen molar-refractivity contribution >= 4 is 46.2 Å². The highest BCUT2D eigenvalue weighted by Gasteiger charge is 2.08. The third-order valence-electron chi connectivity index (χ3n) is 3.49. The summed E-state index contributed by atoms with van der Waals surface area (Å²) >= 11 is 11.2. The number of halogens is 1. The molecule has 132 valence electrons. The van der Waals surface area contributed by atoms with E-state index >= 15 is 0 Å². The van der Waals surface area contributed by atoms with Gasteiger partial charge in [-0.15, -0.1) is 0 Å². The van der Waals surface area contributed by atoms with Crippen molar-refractivity contribution < 1.29 is 9.21 Å². The Hall–Kier alpha value is -2.83. The molecule has 1 amide bonds. The van der Waals surface area contributed by atoms with Crippen LogP contribution in [0.3, 0.4) is 0 Å². The van der Waals surface area contributed by atoms with Crippen molar-refractivity contribution in [2.75, 3.05) is 10.6 Å². The number of nitrogens with one attached hydrogen (secondary N) is 3. The molecular weight excluding hydrogens is 370 g/mol. The lowest BCUT2D eigenvalue weighted by atomic mass is 10.2. The average Bonchev–Trinajstić information content (AvgIpc) is 3.17. The maximum atomic E-state index is 11.9. The quantitative estimate of drug-likeness (QED) is 0.557. The van der Waals surface area contributed by atoms with Crippen molar-refractivity contribution in [3.8, 4) is 0 Å². The molecule has 1 heterocycles. The molecule has 0 unspecified atom stereocenters. The van der Waals surface area contributed by atoms with E-state index in [-0.39, 0.29) is 11.7 Å². The molecule has 5 nitrogen and oxygen atoms in total. The smallest absolute Gasteiger partial charge is 0.291 e. The maximum Gasteiger partial charge on any atom is 0.291 e. The summed E-state index contributed by atoms with van der Waals surface area (Å²) in [5.74, 6) is -0.0342. The van der Waals surface area contributed by atoms with Crippen LogP contribution in [-0.4, -0.2) is 11.0 Å². The zero-order chi connectivity index (χ0) is 18.4. The van der Waals surface area contributed by atoms with Gasteiger partial charge in [-0.1, -0.05) is 23.7 Å². The molecule has 3 rings (SSSR count). The summed E-state index contributed by atoms with van der Waals surface area (Å²) in [4.78, 5) is 11.9. The first kappa shape index (κ1) is 18.0. The van der Waals surface area contributed by atoms with Crippen molar-refractivity contribution in [3.05, 3.63) is 83.3 Å². The molecule has 3 N–H and O–H groups in total. The first-order chi connectivity index (χ1) is 12.6. The fourth-order valence-corrected chi connectivity index (χ4v) is 2.64. The van der Waals surface area contributed by atoms with Gasteiger partial charge in [0, 0.05) is 22.9 Å². The first-order valence-electron chi connectivity index (χ1n) is 7.84. The largest absolute Gasteiger partial charge is 0.459 e. The molecule has 0 bridgehead atoms. The predicted octanol–water partition coefficient (Wildman–Crippen LogP) is 4.67. The van der Waals surface area contributed by atoms with Crippen LogP contribution in [0.5, 0.6) is 0 Å². The zero-order valence-corrected chi connectivity index (χ0v) is 15.2. The van der Waals surface area contributed by atoms with Crippen molar-refractivity contribution in [1.29, 1.82) is 0 Å². The topological polar surface area (TPSA) is 66.3 Å². The van der Waals surface area contributed by atoms with E-state index in [2.05, 4.69) is 16.0 Å². The van der Waals surface area contributed by atoms with Gasteiger partial charge in [0.1, 0.15) is 0 Å². The van der Waals surface area contributed by atoms with Crippen LogP contribution in [0.15, 0.2) is 71.3 Å². The number of benzene rings is 2. The van der Waals surface area contributed by atoms with Gasteiger partial charge in [-0.25, -0.2) is 0 Å². The van der Waals surface area contributed by atoms with E-state index in [9.17, 15) is 4.79 Å². The summed E-state index contributed by atoms with van der Waals surface area (Å²) in [5, 5.41) is 10.2. The van der Waals surface area contributed by atoms with Crippen molar-refractivity contribution in [3.63, 3.8) is 0 Å². The number of thiocarbonyl (C=S) groups is 1. The zero-order valence-electron chi connectivity index (χ0n) is 13.7. The SMILES string of the molecule is O=C(Nc1ccc(NC(=S)NCc2cccc(Cl)c2)cc1)c1ccco1. The molecule has 0 atom stereocenters. The van der Waals surface area contributed by atoms with Gasteiger partial charge >= 0.3 is 0 Å². The Bertz CT molecular complexity index is 895. The van der Waals surface area contributed by atoms with Crippen LogP contribution in [0.4, 0.5) is 11.4 Å². The Balaban J connectivity index is 1.50. The van der Waals surface area contributed by atoms with Crippen LogP contribution in [0.2, 0.25) is 5.02 Å². The van der Waals surface area contributed by atoms with Crippen molar-refractivity contribution in [1.82, 2.24) is 5.32 Å². The minimum absolute atomic E-state index is 0.263. The Kier molecular flexibility index (Phi) is 5.88. The van der Waals surface area contributed by atoms with E-state index in [1.807, 2.05) is 36.4 Å². The number of hydrogen-bond acceptors (Lipinski definition) is 3. The molecule has 0 radical (unpaired) electrons. The van der Waals surface area contributed by atoms with Crippen LogP contribution in [0.25, 0.3) is 0 Å². The minimum atomic E-state index is -0.297. The molecule has 0 aliphatic heterocycles. The highest BCUT2D eigenvalue weighted by molar-refractivity contribution is 7.80. The number of hydrogen-bond donors (Lipinski definition) is 3. The summed E-state index contributed by atoms with van der Waals surface area (Å²) < 4.78 is 5.06. The Morgan fingerprint density at radius 3 is 2.38 bits per heavy atom. The number of amides is 1. The summed E-state index contributed by atoms with van der Waals surface area (Å²) in [7, 11) is 0. The molecule has 1 aromatic heterocycles. The van der Waals surface area contributed by atoms with Crippen LogP contribution < -0.4 is 16.0 Å². The van der Waals surface area contributed by atoms with Gasteiger partial charge in [-0.05, 0) is 66.3 Å². The van der Waals surface area contributed by atoms with E-state index in [1.54, 1.807) is 24.3 Å². The van der Waals surface area contributed by atoms with Gasteiger partial charge in [-0.3, -0.25) is 4.79 Å². The lowest BCUT2D eigenvalue weighted by Crippen LogP contribution is -2.27. The summed E-state index contributed by atoms with van der Waals surface area (Å²) in [5.41, 5.74) is 2.51. The fraction of sp³-hybridized carbons (Fsp3) is 0.0526. The van der Waals surface area contributed by atoms with Crippen LogP contribution in [0, 0.1) is 0 Å². The summed E-state index contributed by atoms with van der Waals surface area (Å²) in [6.45, 7) is 0.573. The highest BCUT2D eigenvalue weighted by Crippen LogP contribution is 2.15. The maximum absolute atomic E-state index is 11.9. The van der Waals surface area contributed by atoms with Gasteiger partial charge in [0.25, 0.3) is 5.91 Å². The third kappa shape index (κ3) is 5.08. The van der Waals surface area contributed by atoms with Crippen molar-refractivity contribution in [2.24, 2.45) is 0 Å². The van der Waals surface area contributed by atoms with Crippen molar-refractivity contribution in [2.45, 2.75) is 6.54 Å². The second-order valence-corrected chi connectivity index (χ2v) is 6.29. The number of carbonyl (C=O) groups is 1. The fourth-order valence-electron chi connectivity index (χ4n) is 2.24. The van der Waals surface area contributed by atoms with Crippen LogP contribution in [0.1, 0.15) is 16.1 Å². The van der Waals surface area contributed by atoms with Gasteiger partial charge < -0.3 is 20.4 Å². The Morgan fingerprint density at radius 1 is 1.00 bits per heavy atom. The molecule has 0 fully saturated rings. The van der Waals surface area contributed by atoms with Gasteiger partial charge in [0.05, 0.1) is 6.26 Å². The number of furan rings is 1. The Morgan fingerprint density at radius 2 is 1.73 bits per heavy atom. The van der Waals surface area contributed by atoms with Crippen LogP contribution in [-0.2, 0) is 6.54 Å². The van der Waals surface area contributed by atoms with Gasteiger partial charge in [-0.2, -0.15) is 0 Å². The first-order valence-corrected chi connectivity index (χ1v) is 8.63. The lowest BCUT2D eigenvalue weighted by Gasteiger charge is -2.11. The molecule has 0 aliphatic rings. The van der Waals surface area contributed by atoms with E-state index in [4.69, 9.17) is 28.2 Å². The number of carbonyl (C=O) groups excluding carboxylic acids is 1. The molecule has 0 aliphatic carbocycles. The molecule has 7 heteroatoms. The monoisotopic (exact) mass is 385 g/mol. The van der Waals surface area contributed by atoms with Gasteiger partial charge in [0.15, 0.2) is 10.9 Å².